The number of hydrogen-bond donors (Lipinski definition) is 0. The van der Waals surface area contributed by atoms with Gasteiger partial charge in [-0.05, 0) is 0 Å². The van der Waals surface area contributed by atoms with E-state index < -0.39 is 0 Å². The minimum atomic E-state index is 0. The summed E-state index contributed by atoms with van der Waals surface area (Å²) in [6.07, 6.45) is 0. The Labute approximate surface area is 76.0 Å². The molecule has 0 fully saturated rings. The van der Waals surface area contributed by atoms with Gasteiger partial charge in [-0.25, -0.2) is 0 Å². The molecule has 0 nitrogen and oxygen atoms in total. The summed E-state index contributed by atoms with van der Waals surface area (Å²) in [5.41, 5.74) is 0. The molecule has 0 aliphatic rings. The van der Waals surface area contributed by atoms with Crippen molar-refractivity contribution in [3.05, 3.63) is 0 Å². The van der Waals surface area contributed by atoms with E-state index in [0.717, 1.165) is 0 Å². The SMILES string of the molecule is [Cu].[Ni].[Sn].[Zn]. The largest absolute Gasteiger partial charge is 0 e. The summed E-state index contributed by atoms with van der Waals surface area (Å²) in [5.74, 6) is 0. The molecule has 0 heterocycles. The van der Waals surface area contributed by atoms with Crippen LogP contribution in [0.3, 0.4) is 0 Å². The van der Waals surface area contributed by atoms with Crippen molar-refractivity contribution in [2.75, 3.05) is 0 Å². The van der Waals surface area contributed by atoms with Gasteiger partial charge in [0, 0.05) is 76.9 Å². The van der Waals surface area contributed by atoms with Crippen molar-refractivity contribution in [2.24, 2.45) is 0 Å². The van der Waals surface area contributed by atoms with Crippen LogP contribution in [0.1, 0.15) is 0 Å². The summed E-state index contributed by atoms with van der Waals surface area (Å²) in [5, 5.41) is 0. The molecule has 0 aromatic heterocycles. The van der Waals surface area contributed by atoms with Crippen molar-refractivity contribution in [1.82, 2.24) is 0 Å². The van der Waals surface area contributed by atoms with Crippen LogP contribution in [0.15, 0.2) is 0 Å². The second-order valence-electron chi connectivity index (χ2n) is 0. The molecular formula is CuNiSnZn. The third-order valence-corrected chi connectivity index (χ3v) is 0. The van der Waals surface area contributed by atoms with Crippen LogP contribution in [-0.2, 0) is 53.0 Å². The normalized spacial score (nSPS) is 0. The number of rotatable bonds is 0. The van der Waals surface area contributed by atoms with Gasteiger partial charge >= 0.3 is 0 Å². The molecule has 0 saturated carbocycles. The van der Waals surface area contributed by atoms with Crippen LogP contribution in [0.25, 0.3) is 0 Å². The van der Waals surface area contributed by atoms with Crippen LogP contribution in [0.5, 0.6) is 0 Å². The molecule has 5 radical (unpaired) electrons. The summed E-state index contributed by atoms with van der Waals surface area (Å²) in [6.45, 7) is 0. The standard InChI is InChI=1S/Cu.Ni.Sn.Zn. The summed E-state index contributed by atoms with van der Waals surface area (Å²) < 4.78 is 0. The van der Waals surface area contributed by atoms with E-state index in [1.165, 1.54) is 0 Å². The quantitative estimate of drug-likeness (QED) is 0.535. The van der Waals surface area contributed by atoms with Crippen LogP contribution < -0.4 is 0 Å². The maximum atomic E-state index is 0. The molecule has 0 amide bonds. The van der Waals surface area contributed by atoms with Gasteiger partial charge in [-0.2, -0.15) is 0 Å². The fourth-order valence-electron chi connectivity index (χ4n) is 0. The van der Waals surface area contributed by atoms with Gasteiger partial charge < -0.3 is 0 Å². The molecule has 0 unspecified atom stereocenters. The van der Waals surface area contributed by atoms with Crippen LogP contribution >= 0.6 is 0 Å². The molecule has 0 aliphatic carbocycles. The first kappa shape index (κ1) is 32.1. The van der Waals surface area contributed by atoms with Gasteiger partial charge in [-0.1, -0.05) is 0 Å². The van der Waals surface area contributed by atoms with E-state index in [1.54, 1.807) is 0 Å². The van der Waals surface area contributed by atoms with Gasteiger partial charge in [0.2, 0.25) is 0 Å². The first-order valence-electron chi connectivity index (χ1n) is 0. The molecule has 0 aliphatic heterocycles. The minimum absolute atomic E-state index is 0. The summed E-state index contributed by atoms with van der Waals surface area (Å²) in [6, 6.07) is 0. The van der Waals surface area contributed by atoms with Crippen molar-refractivity contribution >= 4 is 23.9 Å². The topological polar surface area (TPSA) is 0 Å². The molecule has 0 rings (SSSR count). The zero-order chi connectivity index (χ0) is 0. The number of hydrogen-bond acceptors (Lipinski definition) is 0. The molecule has 0 aromatic carbocycles. The molecule has 0 N–H and O–H groups in total. The second kappa shape index (κ2) is 18.0. The Morgan fingerprint density at radius 3 is 1.00 bits per heavy atom. The van der Waals surface area contributed by atoms with Crippen molar-refractivity contribution < 1.29 is 53.0 Å². The molecule has 0 saturated heterocycles. The van der Waals surface area contributed by atoms with Gasteiger partial charge in [-0.3, -0.25) is 0 Å². The first-order valence-corrected chi connectivity index (χ1v) is 0. The summed E-state index contributed by atoms with van der Waals surface area (Å²) in [7, 11) is 0. The zero-order valence-electron chi connectivity index (χ0n) is 1.82. The monoisotopic (exact) mass is 305 g/mol. The molecule has 0 spiro atoms. The van der Waals surface area contributed by atoms with Crippen molar-refractivity contribution in [2.45, 2.75) is 0 Å². The van der Waals surface area contributed by atoms with Gasteiger partial charge in [0.25, 0.3) is 0 Å². The fourth-order valence-corrected chi connectivity index (χ4v) is 0. The molecular weight excluding hydrogens is 306 g/mol. The fraction of sp³-hybridized carbons (Fsp3) is 0. The van der Waals surface area contributed by atoms with E-state index >= 15 is 0 Å². The Bertz CT molecular complexity index is 8.00. The molecule has 0 bridgehead atoms. The Morgan fingerprint density at radius 2 is 1.00 bits per heavy atom. The van der Waals surface area contributed by atoms with E-state index in [0.29, 0.717) is 0 Å². The molecule has 0 aromatic rings. The Kier molecular flexibility index (Phi) is 144. The zero-order valence-corrected chi connectivity index (χ0v) is 9.58. The van der Waals surface area contributed by atoms with E-state index in [1.807, 2.05) is 0 Å². The first-order chi connectivity index (χ1) is 0. The molecule has 0 atom stereocenters. The second-order valence-corrected chi connectivity index (χ2v) is 0. The maximum Gasteiger partial charge on any atom is 0 e. The van der Waals surface area contributed by atoms with E-state index in [2.05, 4.69) is 0 Å². The van der Waals surface area contributed by atoms with Crippen molar-refractivity contribution in [3.8, 4) is 0 Å². The van der Waals surface area contributed by atoms with Crippen molar-refractivity contribution in [1.29, 1.82) is 0 Å². The Balaban J connectivity index is 0. The van der Waals surface area contributed by atoms with Crippen LogP contribution in [0.2, 0.25) is 0 Å². The van der Waals surface area contributed by atoms with E-state index in [4.69, 9.17) is 0 Å². The van der Waals surface area contributed by atoms with Crippen molar-refractivity contribution in [3.63, 3.8) is 0 Å². The summed E-state index contributed by atoms with van der Waals surface area (Å²) >= 11 is 0. The van der Waals surface area contributed by atoms with Crippen LogP contribution in [-0.4, -0.2) is 23.9 Å². The van der Waals surface area contributed by atoms with Gasteiger partial charge in [0.1, 0.15) is 0 Å². The average Bonchev–Trinajstić information content (AvgIpc) is 0. The Morgan fingerprint density at radius 1 is 1.00 bits per heavy atom. The van der Waals surface area contributed by atoms with Gasteiger partial charge in [-0.15, -0.1) is 0 Å². The van der Waals surface area contributed by atoms with E-state index in [9.17, 15) is 0 Å². The smallest absolute Gasteiger partial charge is 0 e. The maximum absolute atomic E-state index is 0. The predicted octanol–water partition coefficient (Wildman–Crippen LogP) is -0.388. The average molecular weight is 306 g/mol. The molecule has 4 heteroatoms. The third kappa shape index (κ3) is 8.83. The minimum Gasteiger partial charge on any atom is 0 e. The van der Waals surface area contributed by atoms with E-state index in [-0.39, 0.29) is 76.9 Å². The molecule has 4 heavy (non-hydrogen) atoms. The van der Waals surface area contributed by atoms with Crippen LogP contribution in [0.4, 0.5) is 0 Å². The van der Waals surface area contributed by atoms with Crippen LogP contribution in [0, 0.1) is 0 Å². The summed E-state index contributed by atoms with van der Waals surface area (Å²) in [4.78, 5) is 0. The Hall–Kier alpha value is 2.44. The third-order valence-electron chi connectivity index (χ3n) is 0. The molecule has 27 valence electrons. The predicted molar refractivity (Wildman–Crippen MR) is 5.75 cm³/mol. The van der Waals surface area contributed by atoms with Gasteiger partial charge in [0.05, 0.1) is 0 Å². The van der Waals surface area contributed by atoms with Gasteiger partial charge in [0.15, 0.2) is 0 Å².